The number of alkyl halides is 6. The molecule has 2 aliphatic heterocycles. The van der Waals surface area contributed by atoms with Crippen LogP contribution in [0.3, 0.4) is 0 Å². The molecule has 1 aromatic heterocycles. The molecule has 3 rings (SSSR count). The number of aliphatic carboxylic acids is 2. The minimum absolute atomic E-state index is 0.500. The summed E-state index contributed by atoms with van der Waals surface area (Å²) < 4.78 is 69.0. The molecule has 2 saturated heterocycles. The van der Waals surface area contributed by atoms with Crippen molar-refractivity contribution < 1.29 is 50.9 Å². The summed E-state index contributed by atoms with van der Waals surface area (Å²) in [6.45, 7) is 6.99. The third-order valence-electron chi connectivity index (χ3n) is 5.68. The number of piperidine rings is 1. The lowest BCUT2D eigenvalue weighted by Crippen LogP contribution is -2.43. The van der Waals surface area contributed by atoms with E-state index in [-0.39, 0.29) is 0 Å². The fourth-order valence-corrected chi connectivity index (χ4v) is 4.69. The average molecular weight is 523 g/mol. The molecule has 1 unspecified atom stereocenters. The Labute approximate surface area is 196 Å². The van der Waals surface area contributed by atoms with E-state index in [4.69, 9.17) is 24.5 Å². The van der Waals surface area contributed by atoms with Crippen LogP contribution in [0.15, 0.2) is 17.5 Å². The fourth-order valence-electron chi connectivity index (χ4n) is 3.95. The number of likely N-dealkylation sites (tertiary alicyclic amines) is 2. The second-order valence-corrected chi connectivity index (χ2v) is 9.20. The summed E-state index contributed by atoms with van der Waals surface area (Å²) in [5, 5.41) is 16.4. The Morgan fingerprint density at radius 3 is 2.00 bits per heavy atom. The molecule has 1 atom stereocenters. The molecule has 196 valence electrons. The van der Waals surface area contributed by atoms with Crippen LogP contribution in [0.2, 0.25) is 0 Å². The van der Waals surface area contributed by atoms with E-state index >= 15 is 0 Å². The number of rotatable bonds is 4. The molecular formula is C20H28F6N2O5S. The second-order valence-electron chi connectivity index (χ2n) is 8.17. The summed E-state index contributed by atoms with van der Waals surface area (Å²) in [6, 6.07) is 4.42. The molecule has 2 fully saturated rings. The van der Waals surface area contributed by atoms with Gasteiger partial charge in [0.15, 0.2) is 0 Å². The molecule has 2 aliphatic rings. The van der Waals surface area contributed by atoms with Crippen molar-refractivity contribution in [2.75, 3.05) is 46.9 Å². The summed E-state index contributed by atoms with van der Waals surface area (Å²) in [5.74, 6) is -4.80. The molecule has 0 saturated carbocycles. The highest BCUT2D eigenvalue weighted by Crippen LogP contribution is 2.45. The van der Waals surface area contributed by atoms with Gasteiger partial charge in [0.2, 0.25) is 0 Å². The van der Waals surface area contributed by atoms with Crippen molar-refractivity contribution in [2.45, 2.75) is 31.7 Å². The molecule has 2 N–H and O–H groups in total. The van der Waals surface area contributed by atoms with Gasteiger partial charge in [0.25, 0.3) is 0 Å². The smallest absolute Gasteiger partial charge is 0.475 e. The van der Waals surface area contributed by atoms with Crippen molar-refractivity contribution in [3.8, 4) is 0 Å². The second kappa shape index (κ2) is 12.7. The van der Waals surface area contributed by atoms with Crippen molar-refractivity contribution in [3.63, 3.8) is 0 Å². The van der Waals surface area contributed by atoms with E-state index in [9.17, 15) is 26.3 Å². The van der Waals surface area contributed by atoms with Gasteiger partial charge in [0, 0.05) is 37.5 Å². The lowest BCUT2D eigenvalue weighted by Gasteiger charge is -2.41. The topological polar surface area (TPSA) is 90.3 Å². The maximum Gasteiger partial charge on any atom is 0.490 e. The predicted molar refractivity (Wildman–Crippen MR) is 112 cm³/mol. The van der Waals surface area contributed by atoms with Crippen LogP contribution in [-0.2, 0) is 20.9 Å². The summed E-state index contributed by atoms with van der Waals surface area (Å²) in [7, 11) is 4.10. The summed E-state index contributed by atoms with van der Waals surface area (Å²) in [4.78, 5) is 24.4. The molecule has 0 radical (unpaired) electrons. The largest absolute Gasteiger partial charge is 0.490 e. The SMILES string of the molecule is COCC1CN(Cc2cccs2)CC12CCN(C)CC2.O=C(O)C(F)(F)F.O=C(O)C(F)(F)F. The van der Waals surface area contributed by atoms with E-state index in [0.717, 1.165) is 13.2 Å². The number of ether oxygens (including phenoxy) is 1. The van der Waals surface area contributed by atoms with E-state index in [1.807, 2.05) is 18.4 Å². The van der Waals surface area contributed by atoms with Crippen LogP contribution in [0.25, 0.3) is 0 Å². The fraction of sp³-hybridized carbons (Fsp3) is 0.700. The first-order valence-corrected chi connectivity index (χ1v) is 11.0. The van der Waals surface area contributed by atoms with Crippen LogP contribution < -0.4 is 0 Å². The van der Waals surface area contributed by atoms with E-state index in [0.29, 0.717) is 11.3 Å². The molecule has 0 aromatic carbocycles. The first kappa shape index (κ1) is 30.1. The number of hydrogen-bond acceptors (Lipinski definition) is 6. The van der Waals surface area contributed by atoms with Crippen molar-refractivity contribution in [1.82, 2.24) is 9.80 Å². The van der Waals surface area contributed by atoms with Crippen LogP contribution in [0.1, 0.15) is 17.7 Å². The molecule has 0 bridgehead atoms. The Morgan fingerprint density at radius 2 is 1.62 bits per heavy atom. The first-order valence-electron chi connectivity index (χ1n) is 10.1. The molecule has 14 heteroatoms. The Morgan fingerprint density at radius 1 is 1.12 bits per heavy atom. The van der Waals surface area contributed by atoms with E-state index in [1.54, 1.807) is 0 Å². The number of carboxylic acid groups (broad SMARTS) is 2. The molecule has 7 nitrogen and oxygen atoms in total. The minimum atomic E-state index is -5.08. The van der Waals surface area contributed by atoms with Gasteiger partial charge in [-0.05, 0) is 49.8 Å². The van der Waals surface area contributed by atoms with Crippen LogP contribution in [0, 0.1) is 11.3 Å². The zero-order valence-corrected chi connectivity index (χ0v) is 19.5. The van der Waals surface area contributed by atoms with Gasteiger partial charge in [0.05, 0.1) is 6.61 Å². The van der Waals surface area contributed by atoms with Crippen LogP contribution >= 0.6 is 11.3 Å². The number of carboxylic acids is 2. The van der Waals surface area contributed by atoms with Gasteiger partial charge >= 0.3 is 24.3 Å². The molecule has 3 heterocycles. The van der Waals surface area contributed by atoms with Crippen molar-refractivity contribution in [2.24, 2.45) is 11.3 Å². The van der Waals surface area contributed by atoms with E-state index < -0.39 is 24.3 Å². The molecule has 0 aliphatic carbocycles. The van der Waals surface area contributed by atoms with Gasteiger partial charge in [-0.15, -0.1) is 11.3 Å². The monoisotopic (exact) mass is 522 g/mol. The van der Waals surface area contributed by atoms with Gasteiger partial charge in [-0.3, -0.25) is 4.90 Å². The highest BCUT2D eigenvalue weighted by atomic mass is 32.1. The van der Waals surface area contributed by atoms with Crippen molar-refractivity contribution in [1.29, 1.82) is 0 Å². The molecule has 0 amide bonds. The van der Waals surface area contributed by atoms with Gasteiger partial charge in [-0.1, -0.05) is 6.07 Å². The minimum Gasteiger partial charge on any atom is -0.475 e. The van der Waals surface area contributed by atoms with Crippen molar-refractivity contribution in [3.05, 3.63) is 22.4 Å². The van der Waals surface area contributed by atoms with Crippen LogP contribution in [-0.4, -0.2) is 91.2 Å². The molecular weight excluding hydrogens is 494 g/mol. The summed E-state index contributed by atoms with van der Waals surface area (Å²) in [5.41, 5.74) is 0.500. The molecule has 34 heavy (non-hydrogen) atoms. The average Bonchev–Trinajstić information content (AvgIpc) is 3.33. The summed E-state index contributed by atoms with van der Waals surface area (Å²) in [6.07, 6.45) is -7.50. The van der Waals surface area contributed by atoms with Gasteiger partial charge < -0.3 is 19.8 Å². The van der Waals surface area contributed by atoms with Gasteiger partial charge in [-0.2, -0.15) is 26.3 Å². The number of thiophene rings is 1. The van der Waals surface area contributed by atoms with E-state index in [2.05, 4.69) is 34.4 Å². The number of nitrogens with zero attached hydrogens (tertiary/aromatic N) is 2. The summed E-state index contributed by atoms with van der Waals surface area (Å²) >= 11 is 1.88. The van der Waals surface area contributed by atoms with E-state index in [1.165, 1.54) is 43.9 Å². The van der Waals surface area contributed by atoms with Gasteiger partial charge in [-0.25, -0.2) is 9.59 Å². The number of carbonyl (C=O) groups is 2. The lowest BCUT2D eigenvalue weighted by atomic mass is 9.71. The maximum absolute atomic E-state index is 10.6. The Kier molecular flexibility index (Phi) is 11.3. The zero-order chi connectivity index (χ0) is 26.2. The first-order chi connectivity index (χ1) is 15.6. The zero-order valence-electron chi connectivity index (χ0n) is 18.7. The quantitative estimate of drug-likeness (QED) is 0.582. The Hall–Kier alpha value is -1.90. The normalized spacial score (nSPS) is 20.8. The third-order valence-corrected chi connectivity index (χ3v) is 6.54. The molecule has 1 spiro atoms. The number of methoxy groups -OCH3 is 1. The number of halogens is 6. The number of hydrogen-bond donors (Lipinski definition) is 2. The Balaban J connectivity index is 0.000000343. The third kappa shape index (κ3) is 9.76. The molecule has 1 aromatic rings. The highest BCUT2D eigenvalue weighted by Gasteiger charge is 2.47. The maximum atomic E-state index is 10.6. The lowest BCUT2D eigenvalue weighted by molar-refractivity contribution is -0.193. The van der Waals surface area contributed by atoms with Crippen LogP contribution in [0.5, 0.6) is 0 Å². The highest BCUT2D eigenvalue weighted by molar-refractivity contribution is 7.09. The van der Waals surface area contributed by atoms with Crippen molar-refractivity contribution >= 4 is 23.3 Å². The van der Waals surface area contributed by atoms with Crippen LogP contribution in [0.4, 0.5) is 26.3 Å². The predicted octanol–water partition coefficient (Wildman–Crippen LogP) is 3.80. The van der Waals surface area contributed by atoms with Gasteiger partial charge in [0.1, 0.15) is 0 Å². The standard InChI is InChI=1S/C16H26N2OS.2C2HF3O2/c1-17-7-5-16(6-8-17)13-18(10-14(16)12-19-2)11-15-4-3-9-20-15;2*3-2(4,5)1(6)7/h3-4,9,14H,5-8,10-13H2,1-2H3;2*(H,6,7). The Bertz CT molecular complexity index is 740.